The van der Waals surface area contributed by atoms with Crippen LogP contribution in [0.15, 0.2) is 36.7 Å². The van der Waals surface area contributed by atoms with Crippen molar-refractivity contribution in [3.05, 3.63) is 59.2 Å². The van der Waals surface area contributed by atoms with Crippen molar-refractivity contribution in [2.75, 3.05) is 45.8 Å². The van der Waals surface area contributed by atoms with Gasteiger partial charge in [-0.05, 0) is 57.1 Å². The molecule has 1 aromatic carbocycles. The van der Waals surface area contributed by atoms with E-state index in [2.05, 4.69) is 39.1 Å². The van der Waals surface area contributed by atoms with Crippen molar-refractivity contribution in [2.45, 2.75) is 56.6 Å². The van der Waals surface area contributed by atoms with Crippen LogP contribution in [0.4, 0.5) is 0 Å². The highest BCUT2D eigenvalue weighted by atomic mass is 32.2. The molecule has 2 aromatic rings. The number of nitrogens with zero attached hydrogens (tertiary/aromatic N) is 5. The van der Waals surface area contributed by atoms with Crippen LogP contribution in [0, 0.1) is 25.7 Å². The van der Waals surface area contributed by atoms with Crippen LogP contribution in [-0.2, 0) is 15.4 Å². The van der Waals surface area contributed by atoms with Gasteiger partial charge in [-0.15, -0.1) is 0 Å². The van der Waals surface area contributed by atoms with Crippen LogP contribution >= 0.6 is 0 Å². The topological polar surface area (TPSA) is 86.7 Å². The number of sulfonamides is 1. The lowest BCUT2D eigenvalue weighted by atomic mass is 9.72. The van der Waals surface area contributed by atoms with Crippen molar-refractivity contribution >= 4 is 15.9 Å². The normalized spacial score (nSPS) is 26.0. The van der Waals surface area contributed by atoms with Crippen LogP contribution in [0.25, 0.3) is 0 Å². The summed E-state index contributed by atoms with van der Waals surface area (Å²) in [4.78, 5) is 26.3. The lowest BCUT2D eigenvalue weighted by Crippen LogP contribution is -2.63. The number of aromatic nitrogens is 2. The lowest BCUT2D eigenvalue weighted by molar-refractivity contribution is 0.0767. The summed E-state index contributed by atoms with van der Waals surface area (Å²) < 4.78 is 28.2. The molecule has 4 aliphatic rings. The van der Waals surface area contributed by atoms with E-state index in [-0.39, 0.29) is 16.6 Å². The maximum Gasteiger partial charge on any atom is 0.257 e. The molecule has 3 aliphatic heterocycles. The molecule has 8 nitrogen and oxygen atoms in total. The standard InChI is InChI=1S/C29H39N5O3S/c1-21-27(22(2)31-20-30-21)28(35)33-16-23-14-32(15-24(23)17-33)13-12-29(25-8-4-3-5-9-25)18-34(19-29)38(36,37)26-10-6-7-11-26/h3-5,8-9,20,23-24,26H,6-7,10-19H2,1-2H3. The Morgan fingerprint density at radius 3 is 2.16 bits per heavy atom. The highest BCUT2D eigenvalue weighted by molar-refractivity contribution is 7.89. The van der Waals surface area contributed by atoms with E-state index in [1.807, 2.05) is 24.8 Å². The minimum atomic E-state index is -3.20. The fourth-order valence-corrected chi connectivity index (χ4v) is 9.56. The van der Waals surface area contributed by atoms with Crippen LogP contribution < -0.4 is 0 Å². The Labute approximate surface area is 226 Å². The molecule has 4 fully saturated rings. The number of rotatable bonds is 7. The second kappa shape index (κ2) is 9.99. The molecule has 0 N–H and O–H groups in total. The molecule has 0 bridgehead atoms. The molecule has 9 heteroatoms. The van der Waals surface area contributed by atoms with Gasteiger partial charge in [0.1, 0.15) is 6.33 Å². The first-order valence-electron chi connectivity index (χ1n) is 14.1. The number of benzene rings is 1. The zero-order valence-electron chi connectivity index (χ0n) is 22.6. The van der Waals surface area contributed by atoms with Crippen LogP contribution in [0.1, 0.15) is 59.4 Å². The van der Waals surface area contributed by atoms with Gasteiger partial charge < -0.3 is 9.80 Å². The first kappa shape index (κ1) is 25.9. The maximum atomic E-state index is 13.2. The van der Waals surface area contributed by atoms with E-state index in [1.165, 1.54) is 11.9 Å². The second-order valence-electron chi connectivity index (χ2n) is 12.0. The molecule has 204 valence electrons. The number of amides is 1. The molecule has 1 saturated carbocycles. The Hall–Kier alpha value is -2.36. The summed E-state index contributed by atoms with van der Waals surface area (Å²) in [5.41, 5.74) is 3.28. The highest BCUT2D eigenvalue weighted by Crippen LogP contribution is 2.42. The average Bonchev–Trinajstić information content (AvgIpc) is 3.61. The van der Waals surface area contributed by atoms with E-state index in [4.69, 9.17) is 0 Å². The third-order valence-electron chi connectivity index (χ3n) is 9.62. The van der Waals surface area contributed by atoms with Crippen molar-refractivity contribution < 1.29 is 13.2 Å². The summed E-state index contributed by atoms with van der Waals surface area (Å²) in [6, 6.07) is 10.5. The first-order valence-corrected chi connectivity index (χ1v) is 15.6. The molecule has 1 aromatic heterocycles. The van der Waals surface area contributed by atoms with E-state index < -0.39 is 10.0 Å². The van der Waals surface area contributed by atoms with Gasteiger partial charge in [-0.25, -0.2) is 18.4 Å². The molecule has 6 rings (SSSR count). The van der Waals surface area contributed by atoms with Crippen LogP contribution in [0.2, 0.25) is 0 Å². The van der Waals surface area contributed by atoms with Gasteiger partial charge in [-0.3, -0.25) is 4.79 Å². The minimum absolute atomic E-state index is 0.0580. The second-order valence-corrected chi connectivity index (χ2v) is 14.2. The van der Waals surface area contributed by atoms with Crippen molar-refractivity contribution in [3.63, 3.8) is 0 Å². The third kappa shape index (κ3) is 4.56. The van der Waals surface area contributed by atoms with E-state index in [0.29, 0.717) is 30.5 Å². The van der Waals surface area contributed by atoms with Gasteiger partial charge in [0, 0.05) is 44.7 Å². The summed E-state index contributed by atoms with van der Waals surface area (Å²) in [5, 5.41) is -0.185. The van der Waals surface area contributed by atoms with Crippen LogP contribution in [0.5, 0.6) is 0 Å². The molecule has 0 radical (unpaired) electrons. The predicted octanol–water partition coefficient (Wildman–Crippen LogP) is 3.01. The Balaban J connectivity index is 1.08. The minimum Gasteiger partial charge on any atom is -0.338 e. The number of hydrogen-bond acceptors (Lipinski definition) is 6. The Morgan fingerprint density at radius 1 is 0.947 bits per heavy atom. The van der Waals surface area contributed by atoms with Gasteiger partial charge in [0.25, 0.3) is 5.91 Å². The van der Waals surface area contributed by atoms with Gasteiger partial charge >= 0.3 is 0 Å². The van der Waals surface area contributed by atoms with Gasteiger partial charge in [-0.2, -0.15) is 4.31 Å². The van der Waals surface area contributed by atoms with Crippen molar-refractivity contribution in [1.29, 1.82) is 0 Å². The van der Waals surface area contributed by atoms with Gasteiger partial charge in [0.2, 0.25) is 10.0 Å². The Kier molecular flexibility index (Phi) is 6.81. The van der Waals surface area contributed by atoms with Crippen molar-refractivity contribution in [1.82, 2.24) is 24.1 Å². The van der Waals surface area contributed by atoms with E-state index in [1.54, 1.807) is 4.31 Å². The van der Waals surface area contributed by atoms with E-state index in [0.717, 1.165) is 76.2 Å². The molecule has 1 amide bonds. The van der Waals surface area contributed by atoms with Crippen LogP contribution in [0.3, 0.4) is 0 Å². The Bertz CT molecular complexity index is 1250. The average molecular weight is 538 g/mol. The summed E-state index contributed by atoms with van der Waals surface area (Å²) in [6.45, 7) is 9.45. The first-order chi connectivity index (χ1) is 18.3. The quantitative estimate of drug-likeness (QED) is 0.540. The predicted molar refractivity (Wildman–Crippen MR) is 146 cm³/mol. The third-order valence-corrected chi connectivity index (χ3v) is 11.9. The highest BCUT2D eigenvalue weighted by Gasteiger charge is 2.51. The fourth-order valence-electron chi connectivity index (χ4n) is 7.35. The molecule has 4 heterocycles. The zero-order chi connectivity index (χ0) is 26.5. The van der Waals surface area contributed by atoms with Gasteiger partial charge in [-0.1, -0.05) is 43.2 Å². The van der Waals surface area contributed by atoms with E-state index in [9.17, 15) is 13.2 Å². The molecule has 2 unspecified atom stereocenters. The number of carbonyl (C=O) groups excluding carboxylic acids is 1. The number of fused-ring (bicyclic) bond motifs is 1. The largest absolute Gasteiger partial charge is 0.338 e. The molecular formula is C29H39N5O3S. The number of hydrogen-bond donors (Lipinski definition) is 0. The van der Waals surface area contributed by atoms with E-state index >= 15 is 0 Å². The lowest BCUT2D eigenvalue weighted by Gasteiger charge is -2.51. The molecule has 0 spiro atoms. The summed E-state index contributed by atoms with van der Waals surface area (Å²) in [5.74, 6) is 1.03. The van der Waals surface area contributed by atoms with Crippen molar-refractivity contribution in [2.24, 2.45) is 11.8 Å². The number of carbonyl (C=O) groups is 1. The molecule has 38 heavy (non-hydrogen) atoms. The number of aryl methyl sites for hydroxylation is 2. The smallest absolute Gasteiger partial charge is 0.257 e. The molecule has 2 atom stereocenters. The summed E-state index contributed by atoms with van der Waals surface area (Å²) >= 11 is 0. The Morgan fingerprint density at radius 2 is 1.55 bits per heavy atom. The van der Waals surface area contributed by atoms with Crippen molar-refractivity contribution in [3.8, 4) is 0 Å². The fraction of sp³-hybridized carbons (Fsp3) is 0.621. The molecule has 3 saturated heterocycles. The zero-order valence-corrected chi connectivity index (χ0v) is 23.4. The molecule has 1 aliphatic carbocycles. The van der Waals surface area contributed by atoms with Gasteiger partial charge in [0.05, 0.1) is 22.2 Å². The summed E-state index contributed by atoms with van der Waals surface area (Å²) in [7, 11) is -3.20. The monoisotopic (exact) mass is 537 g/mol. The van der Waals surface area contributed by atoms with Gasteiger partial charge in [0.15, 0.2) is 0 Å². The molecular weight excluding hydrogens is 498 g/mol. The number of likely N-dealkylation sites (tertiary alicyclic amines) is 2. The van der Waals surface area contributed by atoms with Crippen LogP contribution in [-0.4, -0.2) is 89.5 Å². The SMILES string of the molecule is Cc1ncnc(C)c1C(=O)N1CC2CN(CCC3(c4ccccc4)CN(S(=O)(=O)C4CCCC4)C3)CC2C1. The summed E-state index contributed by atoms with van der Waals surface area (Å²) in [6.07, 6.45) is 6.15. The maximum absolute atomic E-state index is 13.2.